The molecule has 2 aliphatic rings. The van der Waals surface area contributed by atoms with E-state index in [0.29, 0.717) is 19.0 Å². The largest absolute Gasteiger partial charge is 0.426 e. The maximum atomic E-state index is 11.7. The number of hydrogen-bond acceptors (Lipinski definition) is 5. The first-order valence-electron chi connectivity index (χ1n) is 5.79. The Labute approximate surface area is 98.0 Å². The van der Waals surface area contributed by atoms with E-state index in [2.05, 4.69) is 10.3 Å². The molecule has 0 radical (unpaired) electrons. The van der Waals surface area contributed by atoms with Gasteiger partial charge in [0.1, 0.15) is 5.78 Å². The molecule has 3 rings (SSSR count). The predicted octanol–water partition coefficient (Wildman–Crippen LogP) is 0.729. The summed E-state index contributed by atoms with van der Waals surface area (Å²) in [6.45, 7) is 1.25. The molecule has 2 aliphatic heterocycles. The van der Waals surface area contributed by atoms with Crippen molar-refractivity contribution in [2.75, 3.05) is 23.3 Å². The van der Waals surface area contributed by atoms with Gasteiger partial charge in [-0.05, 0) is 6.42 Å². The molecule has 0 unspecified atom stereocenters. The number of amides is 1. The number of hydrogen-bond donors (Lipinski definition) is 1. The van der Waals surface area contributed by atoms with Crippen LogP contribution in [0.25, 0.3) is 0 Å². The van der Waals surface area contributed by atoms with Crippen molar-refractivity contribution in [2.45, 2.75) is 25.7 Å². The summed E-state index contributed by atoms with van der Waals surface area (Å²) in [6, 6.07) is 0.321. The second kappa shape index (κ2) is 3.87. The topological polar surface area (TPSA) is 75.4 Å². The van der Waals surface area contributed by atoms with Crippen LogP contribution in [0.15, 0.2) is 4.42 Å². The molecular weight excluding hydrogens is 222 g/mol. The van der Waals surface area contributed by atoms with Gasteiger partial charge in [-0.15, -0.1) is 0 Å². The van der Waals surface area contributed by atoms with Gasteiger partial charge in [-0.3, -0.25) is 14.5 Å². The molecule has 1 N–H and O–H groups in total. The standard InChI is InChI=1S/C11H13N3O3/c15-7-3-5-14(9(16)6-7)11-13-10-8(17-11)2-1-4-12-10/h12H,1-6H2. The molecule has 0 atom stereocenters. The molecule has 1 saturated heterocycles. The lowest BCUT2D eigenvalue weighted by Crippen LogP contribution is -2.39. The smallest absolute Gasteiger partial charge is 0.306 e. The zero-order valence-corrected chi connectivity index (χ0v) is 9.36. The normalized spacial score (nSPS) is 20.1. The molecule has 0 saturated carbocycles. The minimum Gasteiger partial charge on any atom is -0.426 e. The number of ketones is 1. The van der Waals surface area contributed by atoms with E-state index in [-0.39, 0.29) is 18.1 Å². The van der Waals surface area contributed by atoms with Gasteiger partial charge >= 0.3 is 6.01 Å². The summed E-state index contributed by atoms with van der Waals surface area (Å²) in [5.41, 5.74) is 0. The molecule has 1 aromatic heterocycles. The highest BCUT2D eigenvalue weighted by Crippen LogP contribution is 2.28. The van der Waals surface area contributed by atoms with E-state index in [4.69, 9.17) is 4.42 Å². The summed E-state index contributed by atoms with van der Waals surface area (Å²) in [6.07, 6.45) is 2.19. The van der Waals surface area contributed by atoms with Gasteiger partial charge in [0.2, 0.25) is 5.91 Å². The zero-order valence-electron chi connectivity index (χ0n) is 9.36. The number of carbonyl (C=O) groups is 2. The van der Waals surface area contributed by atoms with Crippen molar-refractivity contribution in [2.24, 2.45) is 0 Å². The third-order valence-corrected chi connectivity index (χ3v) is 3.05. The molecule has 1 aromatic rings. The Morgan fingerprint density at radius 2 is 2.18 bits per heavy atom. The third-order valence-electron chi connectivity index (χ3n) is 3.05. The van der Waals surface area contributed by atoms with Gasteiger partial charge in [0, 0.05) is 25.9 Å². The maximum absolute atomic E-state index is 11.7. The molecule has 6 nitrogen and oxygen atoms in total. The molecule has 1 amide bonds. The van der Waals surface area contributed by atoms with Crippen molar-refractivity contribution in [3.05, 3.63) is 5.76 Å². The molecule has 0 aliphatic carbocycles. The van der Waals surface area contributed by atoms with Crippen LogP contribution in [0.1, 0.15) is 25.0 Å². The average Bonchev–Trinajstić information content (AvgIpc) is 2.72. The van der Waals surface area contributed by atoms with Crippen molar-refractivity contribution in [1.82, 2.24) is 4.98 Å². The van der Waals surface area contributed by atoms with Gasteiger partial charge in [0.15, 0.2) is 11.6 Å². The number of nitrogens with zero attached hydrogens (tertiary/aromatic N) is 2. The van der Waals surface area contributed by atoms with Crippen LogP contribution in [0, 0.1) is 0 Å². The summed E-state index contributed by atoms with van der Waals surface area (Å²) in [5, 5.41) is 3.14. The Morgan fingerprint density at radius 3 is 2.94 bits per heavy atom. The molecule has 3 heterocycles. The van der Waals surface area contributed by atoms with Crippen molar-refractivity contribution in [1.29, 1.82) is 0 Å². The van der Waals surface area contributed by atoms with Crippen LogP contribution in [-0.4, -0.2) is 29.8 Å². The van der Waals surface area contributed by atoms with E-state index in [1.54, 1.807) is 0 Å². The Hall–Kier alpha value is -1.85. The highest BCUT2D eigenvalue weighted by atomic mass is 16.4. The number of aryl methyl sites for hydroxylation is 1. The molecule has 0 spiro atoms. The fourth-order valence-corrected chi connectivity index (χ4v) is 2.13. The van der Waals surface area contributed by atoms with E-state index in [1.807, 2.05) is 0 Å². The molecule has 1 fully saturated rings. The predicted molar refractivity (Wildman–Crippen MR) is 59.9 cm³/mol. The van der Waals surface area contributed by atoms with Crippen molar-refractivity contribution in [3.63, 3.8) is 0 Å². The lowest BCUT2D eigenvalue weighted by molar-refractivity contribution is -0.128. The Kier molecular flexibility index (Phi) is 2.35. The highest BCUT2D eigenvalue weighted by molar-refractivity contribution is 6.07. The van der Waals surface area contributed by atoms with E-state index >= 15 is 0 Å². The first-order chi connectivity index (χ1) is 8.24. The van der Waals surface area contributed by atoms with Crippen LogP contribution in [-0.2, 0) is 16.0 Å². The average molecular weight is 235 g/mol. The van der Waals surface area contributed by atoms with E-state index in [0.717, 1.165) is 31.0 Å². The first kappa shape index (κ1) is 10.3. The van der Waals surface area contributed by atoms with Gasteiger partial charge in [-0.2, -0.15) is 4.98 Å². The molecule has 0 aromatic carbocycles. The van der Waals surface area contributed by atoms with E-state index in [1.165, 1.54) is 4.90 Å². The van der Waals surface area contributed by atoms with Crippen LogP contribution in [0.2, 0.25) is 0 Å². The van der Waals surface area contributed by atoms with Gasteiger partial charge in [0.25, 0.3) is 0 Å². The van der Waals surface area contributed by atoms with Crippen molar-refractivity contribution in [3.8, 4) is 0 Å². The molecule has 90 valence electrons. The van der Waals surface area contributed by atoms with Crippen LogP contribution < -0.4 is 10.2 Å². The summed E-state index contributed by atoms with van der Waals surface area (Å²) < 4.78 is 5.57. The molecule has 17 heavy (non-hydrogen) atoms. The summed E-state index contributed by atoms with van der Waals surface area (Å²) >= 11 is 0. The van der Waals surface area contributed by atoms with Gasteiger partial charge in [-0.1, -0.05) is 0 Å². The van der Waals surface area contributed by atoms with Crippen LogP contribution in [0.5, 0.6) is 0 Å². The second-order valence-corrected chi connectivity index (χ2v) is 4.31. The molecular formula is C11H13N3O3. The van der Waals surface area contributed by atoms with Gasteiger partial charge in [0.05, 0.1) is 6.42 Å². The monoisotopic (exact) mass is 235 g/mol. The minimum absolute atomic E-state index is 0.0132. The number of Topliss-reactive ketones (excluding diaryl/α,β-unsaturated/α-hetero) is 1. The summed E-state index contributed by atoms with van der Waals surface area (Å²) in [5.74, 6) is 1.30. The summed E-state index contributed by atoms with van der Waals surface area (Å²) in [7, 11) is 0. The third kappa shape index (κ3) is 1.79. The number of anilines is 2. The van der Waals surface area contributed by atoms with Crippen LogP contribution >= 0.6 is 0 Å². The fourth-order valence-electron chi connectivity index (χ4n) is 2.13. The minimum atomic E-state index is -0.222. The van der Waals surface area contributed by atoms with Gasteiger partial charge < -0.3 is 9.73 Å². The number of fused-ring (bicyclic) bond motifs is 1. The van der Waals surface area contributed by atoms with Gasteiger partial charge in [-0.25, -0.2) is 0 Å². The number of rotatable bonds is 1. The Bertz CT molecular complexity index is 457. The van der Waals surface area contributed by atoms with E-state index in [9.17, 15) is 9.59 Å². The Balaban J connectivity index is 1.86. The quantitative estimate of drug-likeness (QED) is 0.726. The maximum Gasteiger partial charge on any atom is 0.306 e. The van der Waals surface area contributed by atoms with Crippen LogP contribution in [0.4, 0.5) is 11.8 Å². The van der Waals surface area contributed by atoms with Crippen molar-refractivity contribution < 1.29 is 14.0 Å². The first-order valence-corrected chi connectivity index (χ1v) is 5.79. The number of piperidine rings is 1. The second-order valence-electron chi connectivity index (χ2n) is 4.31. The highest BCUT2D eigenvalue weighted by Gasteiger charge is 2.29. The lowest BCUT2D eigenvalue weighted by atomic mass is 10.1. The number of nitrogens with one attached hydrogen (secondary N) is 1. The molecule has 0 bridgehead atoms. The zero-order chi connectivity index (χ0) is 11.8. The lowest BCUT2D eigenvalue weighted by Gasteiger charge is -2.21. The number of aromatic nitrogens is 1. The molecule has 6 heteroatoms. The number of oxazole rings is 1. The Morgan fingerprint density at radius 1 is 1.29 bits per heavy atom. The van der Waals surface area contributed by atoms with Crippen LogP contribution in [0.3, 0.4) is 0 Å². The fraction of sp³-hybridized carbons (Fsp3) is 0.545. The number of carbonyl (C=O) groups excluding carboxylic acids is 2. The van der Waals surface area contributed by atoms with Crippen molar-refractivity contribution >= 4 is 23.5 Å². The SMILES string of the molecule is O=C1CCN(c2nc3c(o2)CCCN3)C(=O)C1. The summed E-state index contributed by atoms with van der Waals surface area (Å²) in [4.78, 5) is 28.6. The van der Waals surface area contributed by atoms with E-state index < -0.39 is 0 Å².